The van der Waals surface area contributed by atoms with Gasteiger partial charge in [-0.15, -0.1) is 0 Å². The number of nitrogens with one attached hydrogen (secondary N) is 3. The third-order valence-corrected chi connectivity index (χ3v) is 6.12. The molecule has 0 saturated carbocycles. The molecule has 3 N–H and O–H groups in total. The van der Waals surface area contributed by atoms with E-state index < -0.39 is 0 Å². The summed E-state index contributed by atoms with van der Waals surface area (Å²) >= 11 is 5.89. The molecule has 0 bridgehead atoms. The maximum atomic E-state index is 12.5. The Bertz CT molecular complexity index is 1000. The van der Waals surface area contributed by atoms with Gasteiger partial charge in [0.25, 0.3) is 5.91 Å². The van der Waals surface area contributed by atoms with Crippen LogP contribution in [-0.4, -0.2) is 53.9 Å². The van der Waals surface area contributed by atoms with Gasteiger partial charge in [-0.3, -0.25) is 4.79 Å². The van der Waals surface area contributed by atoms with E-state index in [2.05, 4.69) is 21.1 Å². The van der Waals surface area contributed by atoms with Crippen molar-refractivity contribution in [2.45, 2.75) is 44.4 Å². The Morgan fingerprint density at radius 1 is 1.09 bits per heavy atom. The van der Waals surface area contributed by atoms with Crippen LogP contribution in [0.1, 0.15) is 37.7 Å². The smallest absolute Gasteiger partial charge is 0.321 e. The van der Waals surface area contributed by atoms with Gasteiger partial charge < -0.3 is 20.3 Å². The first-order valence-corrected chi connectivity index (χ1v) is 12.2. The van der Waals surface area contributed by atoms with Crippen LogP contribution in [0.5, 0.6) is 0 Å². The molecule has 2 saturated heterocycles. The monoisotopic (exact) mass is 499 g/mol. The van der Waals surface area contributed by atoms with Gasteiger partial charge in [0.05, 0.1) is 0 Å². The fourth-order valence-electron chi connectivity index (χ4n) is 3.89. The molecule has 1 aromatic carbocycles. The first kappa shape index (κ1) is 25.0. The van der Waals surface area contributed by atoms with Crippen molar-refractivity contribution in [3.63, 3.8) is 0 Å². The molecule has 2 aromatic rings. The van der Waals surface area contributed by atoms with E-state index in [1.54, 1.807) is 36.5 Å². The second-order valence-corrected chi connectivity index (χ2v) is 8.97. The Morgan fingerprint density at radius 2 is 1.89 bits per heavy atom. The highest BCUT2D eigenvalue weighted by atomic mass is 35.5. The van der Waals surface area contributed by atoms with Crippen LogP contribution in [0.4, 0.5) is 16.3 Å². The Labute approximate surface area is 209 Å². The van der Waals surface area contributed by atoms with Gasteiger partial charge >= 0.3 is 6.03 Å². The maximum Gasteiger partial charge on any atom is 0.321 e. The lowest BCUT2D eigenvalue weighted by Gasteiger charge is -2.32. The molecule has 35 heavy (non-hydrogen) atoms. The maximum absolute atomic E-state index is 12.5. The summed E-state index contributed by atoms with van der Waals surface area (Å²) in [5, 5.41) is 6.96. The number of aromatic nitrogens is 1. The fraction of sp³-hybridized carbons (Fsp3) is 0.400. The number of hydrogen-bond donors (Lipinski definition) is 3. The number of anilines is 2. The van der Waals surface area contributed by atoms with Crippen LogP contribution >= 0.6 is 11.6 Å². The summed E-state index contributed by atoms with van der Waals surface area (Å²) < 4.78 is 5.41. The second-order valence-electron chi connectivity index (χ2n) is 8.53. The van der Waals surface area contributed by atoms with E-state index in [9.17, 15) is 9.59 Å². The van der Waals surface area contributed by atoms with Crippen LogP contribution in [0.3, 0.4) is 0 Å². The summed E-state index contributed by atoms with van der Waals surface area (Å²) in [7, 11) is 0. The van der Waals surface area contributed by atoms with Crippen molar-refractivity contribution < 1.29 is 19.2 Å². The Hall–Kier alpha value is -3.14. The second kappa shape index (κ2) is 12.5. The number of carbonyl (C=O) groups excluding carboxylic acids is 2. The lowest BCUT2D eigenvalue weighted by molar-refractivity contribution is -0.198. The lowest BCUT2D eigenvalue weighted by Crippen LogP contribution is -2.44. The number of rotatable bonds is 7. The van der Waals surface area contributed by atoms with Crippen LogP contribution in [0.15, 0.2) is 48.7 Å². The van der Waals surface area contributed by atoms with Gasteiger partial charge in [-0.2, -0.15) is 0 Å². The number of carbonyl (C=O) groups is 2. The zero-order chi connectivity index (χ0) is 24.5. The minimum absolute atomic E-state index is 0.110. The summed E-state index contributed by atoms with van der Waals surface area (Å²) in [5.41, 5.74) is 3.92. The summed E-state index contributed by atoms with van der Waals surface area (Å²) in [5.74, 6) is 0.404. The Morgan fingerprint density at radius 3 is 2.57 bits per heavy atom. The molecule has 2 fully saturated rings. The molecule has 1 aromatic heterocycles. The van der Waals surface area contributed by atoms with Crippen molar-refractivity contribution in [1.29, 1.82) is 0 Å². The van der Waals surface area contributed by atoms with Crippen LogP contribution < -0.4 is 16.1 Å². The van der Waals surface area contributed by atoms with E-state index in [1.165, 1.54) is 6.08 Å². The predicted molar refractivity (Wildman–Crippen MR) is 135 cm³/mol. The molecule has 1 atom stereocenters. The first-order chi connectivity index (χ1) is 17.0. The van der Waals surface area contributed by atoms with Gasteiger partial charge in [-0.1, -0.05) is 11.6 Å². The van der Waals surface area contributed by atoms with Crippen molar-refractivity contribution >= 4 is 41.1 Å². The minimum atomic E-state index is -0.377. The molecule has 2 aliphatic heterocycles. The van der Waals surface area contributed by atoms with E-state index in [4.69, 9.17) is 21.2 Å². The van der Waals surface area contributed by atoms with Gasteiger partial charge in [0.15, 0.2) is 6.29 Å². The van der Waals surface area contributed by atoms with E-state index in [0.717, 1.165) is 49.2 Å². The van der Waals surface area contributed by atoms with Crippen molar-refractivity contribution in [3.8, 4) is 0 Å². The van der Waals surface area contributed by atoms with E-state index in [1.807, 2.05) is 17.0 Å². The Balaban J connectivity index is 1.17. The molecule has 3 amide bonds. The number of benzene rings is 1. The van der Waals surface area contributed by atoms with Gasteiger partial charge in [0, 0.05) is 55.1 Å². The molecular formula is C25H30ClN5O4. The third-order valence-electron chi connectivity index (χ3n) is 5.87. The first-order valence-electron chi connectivity index (χ1n) is 11.8. The van der Waals surface area contributed by atoms with Gasteiger partial charge in [0.1, 0.15) is 5.82 Å². The topological polar surface area (TPSA) is 105 Å². The van der Waals surface area contributed by atoms with Gasteiger partial charge in [0.2, 0.25) is 0 Å². The normalized spacial score (nSPS) is 18.9. The SMILES string of the molecule is O=C(/C=C/c1ccc(NC2CCN(C(=O)Nc3ccc(Cl)cc3)CC2)nc1)NOC1CCCCO1. The van der Waals surface area contributed by atoms with Gasteiger partial charge in [-0.25, -0.2) is 20.1 Å². The fourth-order valence-corrected chi connectivity index (χ4v) is 4.02. The summed E-state index contributed by atoms with van der Waals surface area (Å²) in [6, 6.07) is 10.9. The number of halogens is 1. The summed E-state index contributed by atoms with van der Waals surface area (Å²) in [6.07, 6.45) is 8.87. The van der Waals surface area contributed by atoms with Crippen LogP contribution in [0, 0.1) is 0 Å². The van der Waals surface area contributed by atoms with Crippen LogP contribution in [0.25, 0.3) is 6.08 Å². The zero-order valence-corrected chi connectivity index (χ0v) is 20.2. The standard InChI is InChI=1S/C25H30ClN5O4/c26-19-6-8-20(9-7-19)29-25(33)31-14-12-21(13-15-31)28-22-10-4-18(17-27-22)5-11-23(32)30-35-24-3-1-2-16-34-24/h4-11,17,21,24H,1-3,12-16H2,(H,27,28)(H,29,33)(H,30,32)/b11-5+. The molecule has 3 heterocycles. The Kier molecular flexibility index (Phi) is 8.94. The quantitative estimate of drug-likeness (QED) is 0.384. The van der Waals surface area contributed by atoms with E-state index in [0.29, 0.717) is 24.7 Å². The zero-order valence-electron chi connectivity index (χ0n) is 19.4. The van der Waals surface area contributed by atoms with Crippen LogP contribution in [0.2, 0.25) is 5.02 Å². The highest BCUT2D eigenvalue weighted by Crippen LogP contribution is 2.18. The number of urea groups is 1. The van der Waals surface area contributed by atoms with Crippen LogP contribution in [-0.2, 0) is 14.4 Å². The molecule has 0 aliphatic carbocycles. The number of likely N-dealkylation sites (tertiary alicyclic amines) is 1. The van der Waals surface area contributed by atoms with E-state index >= 15 is 0 Å². The largest absolute Gasteiger partial charge is 0.367 e. The highest BCUT2D eigenvalue weighted by molar-refractivity contribution is 6.30. The molecule has 0 radical (unpaired) electrons. The number of piperidine rings is 1. The molecule has 9 nitrogen and oxygen atoms in total. The molecular weight excluding hydrogens is 470 g/mol. The number of pyridine rings is 1. The van der Waals surface area contributed by atoms with Crippen molar-refractivity contribution in [2.75, 3.05) is 30.3 Å². The summed E-state index contributed by atoms with van der Waals surface area (Å²) in [4.78, 5) is 35.9. The molecule has 1 unspecified atom stereocenters. The lowest BCUT2D eigenvalue weighted by atomic mass is 10.1. The van der Waals surface area contributed by atoms with Gasteiger partial charge in [-0.05, 0) is 73.7 Å². The number of amides is 3. The number of ether oxygens (including phenoxy) is 1. The van der Waals surface area contributed by atoms with Crippen molar-refractivity contribution in [2.24, 2.45) is 0 Å². The van der Waals surface area contributed by atoms with Crippen molar-refractivity contribution in [1.82, 2.24) is 15.4 Å². The average molecular weight is 500 g/mol. The minimum Gasteiger partial charge on any atom is -0.367 e. The molecule has 4 rings (SSSR count). The molecule has 2 aliphatic rings. The molecule has 0 spiro atoms. The van der Waals surface area contributed by atoms with E-state index in [-0.39, 0.29) is 24.3 Å². The highest BCUT2D eigenvalue weighted by Gasteiger charge is 2.23. The summed E-state index contributed by atoms with van der Waals surface area (Å²) in [6.45, 7) is 1.96. The number of hydrogen-bond acceptors (Lipinski definition) is 6. The molecule has 10 heteroatoms. The van der Waals surface area contributed by atoms with Crippen molar-refractivity contribution in [3.05, 3.63) is 59.3 Å². The number of nitrogens with zero attached hydrogens (tertiary/aromatic N) is 2. The predicted octanol–water partition coefficient (Wildman–Crippen LogP) is 4.43. The average Bonchev–Trinajstić information content (AvgIpc) is 2.89. The third kappa shape index (κ3) is 7.95. The number of hydroxylamine groups is 1. The molecule has 186 valence electrons.